The molecule has 0 radical (unpaired) electrons. The number of carbonyl (C=O) groups is 1. The summed E-state index contributed by atoms with van der Waals surface area (Å²) >= 11 is 0. The highest BCUT2D eigenvalue weighted by atomic mass is 16.5. The topological polar surface area (TPSA) is 64.3 Å². The molecule has 4 heteroatoms. The number of nitrogens with two attached hydrogens (primary N) is 1. The normalized spacial score (nSPS) is 17.0. The van der Waals surface area contributed by atoms with Gasteiger partial charge < -0.3 is 15.8 Å². The first-order valence-electron chi connectivity index (χ1n) is 5.91. The average molecular weight is 234 g/mol. The lowest BCUT2D eigenvalue weighted by Crippen LogP contribution is -2.55. The Kier molecular flexibility index (Phi) is 3.64. The minimum absolute atomic E-state index is 0.0418. The largest absolute Gasteiger partial charge is 0.484 e. The fourth-order valence-corrected chi connectivity index (χ4v) is 1.80. The zero-order valence-corrected chi connectivity index (χ0v) is 9.82. The number of amides is 1. The lowest BCUT2D eigenvalue weighted by molar-refractivity contribution is -0.123. The Labute approximate surface area is 101 Å². The summed E-state index contributed by atoms with van der Waals surface area (Å²) in [5.41, 5.74) is 5.82. The molecule has 1 aliphatic rings. The number of hydrogen-bond acceptors (Lipinski definition) is 3. The molecule has 0 spiro atoms. The molecule has 1 saturated carbocycles. The fourth-order valence-electron chi connectivity index (χ4n) is 1.80. The van der Waals surface area contributed by atoms with Crippen molar-refractivity contribution in [3.05, 3.63) is 30.3 Å². The van der Waals surface area contributed by atoms with Gasteiger partial charge in [0.05, 0.1) is 0 Å². The number of ether oxygens (including phenoxy) is 1. The van der Waals surface area contributed by atoms with E-state index in [1.807, 2.05) is 30.3 Å². The molecule has 1 fully saturated rings. The van der Waals surface area contributed by atoms with Gasteiger partial charge in [0.25, 0.3) is 5.91 Å². The van der Waals surface area contributed by atoms with Crippen molar-refractivity contribution >= 4 is 5.91 Å². The average Bonchev–Trinajstić information content (AvgIpc) is 2.33. The number of para-hydroxylation sites is 1. The zero-order chi connectivity index (χ0) is 12.1. The van der Waals surface area contributed by atoms with E-state index in [1.54, 1.807) is 0 Å². The van der Waals surface area contributed by atoms with Crippen molar-refractivity contribution in [2.45, 2.75) is 24.8 Å². The van der Waals surface area contributed by atoms with E-state index in [4.69, 9.17) is 10.5 Å². The van der Waals surface area contributed by atoms with Gasteiger partial charge in [0, 0.05) is 12.1 Å². The number of nitrogens with one attached hydrogen (secondary N) is 1. The first kappa shape index (κ1) is 11.9. The fraction of sp³-hybridized carbons (Fsp3) is 0.462. The lowest BCUT2D eigenvalue weighted by atomic mass is 9.78. The van der Waals surface area contributed by atoms with Gasteiger partial charge in [-0.05, 0) is 31.4 Å². The second-order valence-electron chi connectivity index (χ2n) is 4.59. The minimum atomic E-state index is -0.178. The highest BCUT2D eigenvalue weighted by molar-refractivity contribution is 5.77. The Morgan fingerprint density at radius 1 is 1.35 bits per heavy atom. The predicted octanol–water partition coefficient (Wildman–Crippen LogP) is 1.06. The third-order valence-corrected chi connectivity index (χ3v) is 3.10. The molecule has 1 amide bonds. The maximum atomic E-state index is 11.5. The van der Waals surface area contributed by atoms with Crippen LogP contribution in [-0.4, -0.2) is 24.6 Å². The van der Waals surface area contributed by atoms with Gasteiger partial charge in [-0.1, -0.05) is 18.2 Å². The van der Waals surface area contributed by atoms with Gasteiger partial charge in [-0.15, -0.1) is 0 Å². The molecule has 0 heterocycles. The van der Waals surface area contributed by atoms with Crippen LogP contribution in [0.3, 0.4) is 0 Å². The van der Waals surface area contributed by atoms with Crippen LogP contribution in [0.1, 0.15) is 19.3 Å². The Morgan fingerprint density at radius 2 is 2.06 bits per heavy atom. The van der Waals surface area contributed by atoms with Crippen molar-refractivity contribution in [3.63, 3.8) is 0 Å². The molecule has 0 aromatic heterocycles. The number of rotatable bonds is 5. The first-order chi connectivity index (χ1) is 8.18. The highest BCUT2D eigenvalue weighted by Gasteiger charge is 2.32. The molecule has 4 nitrogen and oxygen atoms in total. The number of benzene rings is 1. The number of hydrogen-bond donors (Lipinski definition) is 2. The summed E-state index contributed by atoms with van der Waals surface area (Å²) in [5.74, 6) is 0.583. The molecular formula is C13H18N2O2. The molecule has 1 aliphatic carbocycles. The van der Waals surface area contributed by atoms with Crippen LogP contribution in [0.4, 0.5) is 0 Å². The Morgan fingerprint density at radius 3 is 2.65 bits per heavy atom. The van der Waals surface area contributed by atoms with E-state index < -0.39 is 0 Å². The lowest BCUT2D eigenvalue weighted by Gasteiger charge is -2.38. The van der Waals surface area contributed by atoms with Crippen LogP contribution in [0.15, 0.2) is 30.3 Å². The standard InChI is InChI=1S/C13H18N2O2/c14-13(7-4-8-13)10-15-12(16)9-17-11-5-2-1-3-6-11/h1-3,5-6H,4,7-10,14H2,(H,15,16). The molecule has 92 valence electrons. The van der Waals surface area contributed by atoms with Crippen LogP contribution in [-0.2, 0) is 4.79 Å². The maximum absolute atomic E-state index is 11.5. The summed E-state index contributed by atoms with van der Waals surface area (Å²) in [6.07, 6.45) is 3.15. The van der Waals surface area contributed by atoms with Crippen LogP contribution in [0.25, 0.3) is 0 Å². The number of carbonyl (C=O) groups excluding carboxylic acids is 1. The van der Waals surface area contributed by atoms with Gasteiger partial charge in [-0.3, -0.25) is 4.79 Å². The molecule has 0 bridgehead atoms. The smallest absolute Gasteiger partial charge is 0.258 e. The molecule has 0 aliphatic heterocycles. The summed E-state index contributed by atoms with van der Waals surface area (Å²) < 4.78 is 5.33. The van der Waals surface area contributed by atoms with Gasteiger partial charge in [0.2, 0.25) is 0 Å². The quantitative estimate of drug-likeness (QED) is 0.800. The van der Waals surface area contributed by atoms with Gasteiger partial charge in [-0.2, -0.15) is 0 Å². The summed E-state index contributed by atoms with van der Waals surface area (Å²) in [6.45, 7) is 0.587. The van der Waals surface area contributed by atoms with E-state index in [0.717, 1.165) is 19.3 Å². The minimum Gasteiger partial charge on any atom is -0.484 e. The molecule has 2 rings (SSSR count). The van der Waals surface area contributed by atoms with Gasteiger partial charge in [0.1, 0.15) is 5.75 Å². The van der Waals surface area contributed by atoms with Crippen molar-refractivity contribution in [3.8, 4) is 5.75 Å². The highest BCUT2D eigenvalue weighted by Crippen LogP contribution is 2.27. The van der Waals surface area contributed by atoms with Crippen LogP contribution < -0.4 is 15.8 Å². The Hall–Kier alpha value is -1.55. The monoisotopic (exact) mass is 234 g/mol. The van der Waals surface area contributed by atoms with Crippen LogP contribution >= 0.6 is 0 Å². The second kappa shape index (κ2) is 5.19. The van der Waals surface area contributed by atoms with Crippen molar-refractivity contribution < 1.29 is 9.53 Å². The molecular weight excluding hydrogens is 216 g/mol. The van der Waals surface area contributed by atoms with E-state index in [2.05, 4.69) is 5.32 Å². The zero-order valence-electron chi connectivity index (χ0n) is 9.82. The second-order valence-corrected chi connectivity index (χ2v) is 4.59. The molecule has 17 heavy (non-hydrogen) atoms. The Bertz CT molecular complexity index is 374. The first-order valence-corrected chi connectivity index (χ1v) is 5.91. The van der Waals surface area contributed by atoms with E-state index in [-0.39, 0.29) is 18.1 Å². The molecule has 1 aromatic carbocycles. The van der Waals surface area contributed by atoms with Crippen molar-refractivity contribution in [1.29, 1.82) is 0 Å². The molecule has 3 N–H and O–H groups in total. The maximum Gasteiger partial charge on any atom is 0.258 e. The third-order valence-electron chi connectivity index (χ3n) is 3.10. The van der Waals surface area contributed by atoms with Crippen molar-refractivity contribution in [2.24, 2.45) is 5.73 Å². The van der Waals surface area contributed by atoms with E-state index in [1.165, 1.54) is 0 Å². The predicted molar refractivity (Wildman–Crippen MR) is 65.7 cm³/mol. The van der Waals surface area contributed by atoms with Gasteiger partial charge >= 0.3 is 0 Å². The molecule has 0 saturated heterocycles. The van der Waals surface area contributed by atoms with E-state index >= 15 is 0 Å². The van der Waals surface area contributed by atoms with E-state index in [0.29, 0.717) is 12.3 Å². The summed E-state index contributed by atoms with van der Waals surface area (Å²) in [4.78, 5) is 11.5. The van der Waals surface area contributed by atoms with Crippen molar-refractivity contribution in [1.82, 2.24) is 5.32 Å². The summed E-state index contributed by atoms with van der Waals surface area (Å²) in [6, 6.07) is 9.29. The summed E-state index contributed by atoms with van der Waals surface area (Å²) in [7, 11) is 0. The van der Waals surface area contributed by atoms with Gasteiger partial charge in [0.15, 0.2) is 6.61 Å². The van der Waals surface area contributed by atoms with Crippen LogP contribution in [0.2, 0.25) is 0 Å². The van der Waals surface area contributed by atoms with Crippen molar-refractivity contribution in [2.75, 3.05) is 13.2 Å². The van der Waals surface area contributed by atoms with Crippen LogP contribution in [0, 0.1) is 0 Å². The molecule has 0 unspecified atom stereocenters. The van der Waals surface area contributed by atoms with Gasteiger partial charge in [-0.25, -0.2) is 0 Å². The van der Waals surface area contributed by atoms with E-state index in [9.17, 15) is 4.79 Å². The Balaban J connectivity index is 1.67. The third kappa shape index (κ3) is 3.46. The molecule has 1 aromatic rings. The van der Waals surface area contributed by atoms with Crippen LogP contribution in [0.5, 0.6) is 5.75 Å². The summed E-state index contributed by atoms with van der Waals surface area (Å²) in [5, 5.41) is 2.81. The molecule has 0 atom stereocenters. The SMILES string of the molecule is NC1(CNC(=O)COc2ccccc2)CCC1.